The fraction of sp³-hybridized carbons (Fsp3) is 0.179. The van der Waals surface area contributed by atoms with Crippen LogP contribution in [-0.2, 0) is 14.3 Å². The van der Waals surface area contributed by atoms with Crippen LogP contribution in [0.2, 0.25) is 0 Å². The fourth-order valence-electron chi connectivity index (χ4n) is 3.93. The smallest absolute Gasteiger partial charge is 0.337 e. The number of anilines is 1. The predicted molar refractivity (Wildman–Crippen MR) is 141 cm³/mol. The highest BCUT2D eigenvalue weighted by molar-refractivity contribution is 8.03. The average Bonchev–Trinajstić information content (AvgIpc) is 3.46. The maximum absolute atomic E-state index is 13.2. The Morgan fingerprint density at radius 1 is 1.14 bits per heavy atom. The molecule has 2 aromatic carbocycles. The van der Waals surface area contributed by atoms with Gasteiger partial charge in [-0.3, -0.25) is 4.79 Å². The van der Waals surface area contributed by atoms with Crippen molar-refractivity contribution < 1.29 is 23.5 Å². The first-order valence-electron chi connectivity index (χ1n) is 11.5. The van der Waals surface area contributed by atoms with Crippen molar-refractivity contribution in [2.75, 3.05) is 24.8 Å². The second kappa shape index (κ2) is 12.0. The highest BCUT2D eigenvalue weighted by Gasteiger charge is 2.38. The second-order valence-corrected chi connectivity index (χ2v) is 8.86. The molecule has 1 amide bonds. The minimum Gasteiger partial charge on any atom is -0.497 e. The number of hydrogen-bond donors (Lipinski definition) is 2. The van der Waals surface area contributed by atoms with Crippen LogP contribution in [0.5, 0.6) is 5.75 Å². The third kappa shape index (κ3) is 5.88. The number of rotatable bonds is 9. The van der Waals surface area contributed by atoms with Gasteiger partial charge in [-0.25, -0.2) is 4.79 Å². The molecule has 4 rings (SSSR count). The van der Waals surface area contributed by atoms with Crippen molar-refractivity contribution in [3.8, 4) is 11.8 Å². The summed E-state index contributed by atoms with van der Waals surface area (Å²) < 4.78 is 16.3. The Morgan fingerprint density at radius 2 is 1.95 bits per heavy atom. The van der Waals surface area contributed by atoms with E-state index in [1.165, 1.54) is 18.0 Å². The van der Waals surface area contributed by atoms with Crippen molar-refractivity contribution >= 4 is 35.0 Å². The number of methoxy groups -OCH3 is 1. The topological polar surface area (TPSA) is 114 Å². The molecule has 0 radical (unpaired) electrons. The number of ether oxygens (including phenoxy) is 2. The molecule has 0 saturated carbocycles. The van der Waals surface area contributed by atoms with Crippen LogP contribution in [0.25, 0.3) is 5.70 Å². The van der Waals surface area contributed by atoms with Crippen LogP contribution >= 0.6 is 11.8 Å². The van der Waals surface area contributed by atoms with Crippen molar-refractivity contribution in [3.05, 3.63) is 100 Å². The zero-order chi connectivity index (χ0) is 26.2. The first kappa shape index (κ1) is 25.7. The quantitative estimate of drug-likeness (QED) is 0.380. The van der Waals surface area contributed by atoms with Crippen LogP contribution in [-0.4, -0.2) is 31.3 Å². The fourth-order valence-corrected chi connectivity index (χ4v) is 4.77. The number of amides is 1. The van der Waals surface area contributed by atoms with E-state index < -0.39 is 11.9 Å². The molecule has 2 heterocycles. The van der Waals surface area contributed by atoms with Crippen molar-refractivity contribution in [1.82, 2.24) is 5.32 Å². The number of esters is 1. The zero-order valence-electron chi connectivity index (χ0n) is 20.3. The molecule has 188 valence electrons. The Balaban J connectivity index is 1.69. The summed E-state index contributed by atoms with van der Waals surface area (Å²) >= 11 is 1.17. The summed E-state index contributed by atoms with van der Waals surface area (Å²) in [5.41, 5.74) is 2.36. The zero-order valence-corrected chi connectivity index (χ0v) is 21.1. The van der Waals surface area contributed by atoms with E-state index in [2.05, 4.69) is 16.7 Å². The largest absolute Gasteiger partial charge is 0.497 e. The number of furan rings is 1. The van der Waals surface area contributed by atoms with Gasteiger partial charge >= 0.3 is 5.97 Å². The lowest BCUT2D eigenvalue weighted by Crippen LogP contribution is -2.29. The molecule has 2 N–H and O–H groups in total. The summed E-state index contributed by atoms with van der Waals surface area (Å²) in [4.78, 5) is 26.0. The maximum Gasteiger partial charge on any atom is 0.337 e. The van der Waals surface area contributed by atoms with E-state index in [1.54, 1.807) is 50.4 Å². The number of nitrogens with zero attached hydrogens (tertiary/aromatic N) is 1. The number of nitrogens with one attached hydrogen (secondary N) is 2. The Morgan fingerprint density at radius 3 is 2.62 bits per heavy atom. The lowest BCUT2D eigenvalue weighted by Gasteiger charge is -2.29. The highest BCUT2D eigenvalue weighted by atomic mass is 32.2. The number of dihydropyridines is 1. The van der Waals surface area contributed by atoms with Gasteiger partial charge in [-0.1, -0.05) is 48.2 Å². The molecule has 0 spiro atoms. The first-order valence-corrected chi connectivity index (χ1v) is 12.5. The van der Waals surface area contributed by atoms with Crippen LogP contribution in [0.15, 0.2) is 93.6 Å². The van der Waals surface area contributed by atoms with E-state index in [1.807, 2.05) is 30.3 Å². The van der Waals surface area contributed by atoms with Gasteiger partial charge in [-0.2, -0.15) is 5.26 Å². The minimum absolute atomic E-state index is 0.0202. The van der Waals surface area contributed by atoms with Gasteiger partial charge in [0.15, 0.2) is 0 Å². The molecule has 37 heavy (non-hydrogen) atoms. The van der Waals surface area contributed by atoms with Gasteiger partial charge in [-0.15, -0.1) is 0 Å². The molecule has 0 saturated heterocycles. The maximum atomic E-state index is 13.2. The van der Waals surface area contributed by atoms with Gasteiger partial charge in [0.1, 0.15) is 11.5 Å². The van der Waals surface area contributed by atoms with Gasteiger partial charge in [0.2, 0.25) is 5.91 Å². The predicted octanol–water partition coefficient (Wildman–Crippen LogP) is 5.06. The number of benzene rings is 2. The van der Waals surface area contributed by atoms with Crippen LogP contribution < -0.4 is 15.4 Å². The Bertz CT molecular complexity index is 1370. The summed E-state index contributed by atoms with van der Waals surface area (Å²) in [5.74, 6) is -0.553. The molecule has 1 aromatic heterocycles. The van der Waals surface area contributed by atoms with E-state index in [0.29, 0.717) is 27.9 Å². The molecule has 1 aliphatic rings. The van der Waals surface area contributed by atoms with E-state index in [4.69, 9.17) is 13.9 Å². The molecule has 9 heteroatoms. The van der Waals surface area contributed by atoms with E-state index in [9.17, 15) is 14.9 Å². The summed E-state index contributed by atoms with van der Waals surface area (Å²) in [6.07, 6.45) is 1.49. The summed E-state index contributed by atoms with van der Waals surface area (Å²) in [6, 6.07) is 22.0. The molecule has 1 atom stereocenters. The monoisotopic (exact) mass is 515 g/mol. The molecule has 0 bridgehead atoms. The minimum atomic E-state index is -0.806. The standard InChI is InChI=1S/C28H25N3O5S/c1-3-35-28(33)25-24(22-13-8-14-36-22)21(16-29)27(31-26(25)18-9-5-4-6-10-18)37-17-23(32)30-19-11-7-12-20(15-19)34-2/h4-15,24,31H,3,17H2,1-2H3,(H,30,32). The number of hydrogen-bond acceptors (Lipinski definition) is 8. The molecular weight excluding hydrogens is 490 g/mol. The lowest BCUT2D eigenvalue weighted by atomic mass is 9.84. The summed E-state index contributed by atoms with van der Waals surface area (Å²) in [7, 11) is 1.55. The first-order chi connectivity index (χ1) is 18.0. The second-order valence-electron chi connectivity index (χ2n) is 7.87. The molecule has 8 nitrogen and oxygen atoms in total. The van der Waals surface area contributed by atoms with Crippen LogP contribution in [0.1, 0.15) is 24.2 Å². The van der Waals surface area contributed by atoms with Crippen molar-refractivity contribution in [1.29, 1.82) is 5.26 Å². The van der Waals surface area contributed by atoms with Gasteiger partial charge in [0.25, 0.3) is 0 Å². The Kier molecular flexibility index (Phi) is 8.33. The van der Waals surface area contributed by atoms with Crippen LogP contribution in [0.3, 0.4) is 0 Å². The molecular formula is C28H25N3O5S. The van der Waals surface area contributed by atoms with Crippen molar-refractivity contribution in [2.45, 2.75) is 12.8 Å². The highest BCUT2D eigenvalue weighted by Crippen LogP contribution is 2.43. The lowest BCUT2D eigenvalue weighted by molar-refractivity contribution is -0.138. The van der Waals surface area contributed by atoms with Gasteiger partial charge in [0.05, 0.1) is 59.6 Å². The van der Waals surface area contributed by atoms with E-state index >= 15 is 0 Å². The van der Waals surface area contributed by atoms with Gasteiger partial charge in [-0.05, 0) is 36.8 Å². The number of carbonyl (C=O) groups is 2. The number of thioether (sulfide) groups is 1. The Hall–Kier alpha value is -4.42. The number of carbonyl (C=O) groups excluding carboxylic acids is 2. The SMILES string of the molecule is CCOC(=O)C1=C(c2ccccc2)NC(SCC(=O)Nc2cccc(OC)c2)=C(C#N)C1c1ccco1. The van der Waals surface area contributed by atoms with Crippen molar-refractivity contribution in [3.63, 3.8) is 0 Å². The molecule has 3 aromatic rings. The molecule has 0 aliphatic carbocycles. The van der Waals surface area contributed by atoms with Gasteiger partial charge < -0.3 is 24.5 Å². The third-order valence-electron chi connectivity index (χ3n) is 5.54. The number of nitriles is 1. The third-order valence-corrected chi connectivity index (χ3v) is 6.55. The van der Waals surface area contributed by atoms with E-state index in [-0.39, 0.29) is 29.4 Å². The summed E-state index contributed by atoms with van der Waals surface area (Å²) in [6.45, 7) is 1.90. The Labute approximate surface area is 218 Å². The van der Waals surface area contributed by atoms with E-state index in [0.717, 1.165) is 5.56 Å². The molecule has 1 unspecified atom stereocenters. The normalized spacial score (nSPS) is 15.0. The van der Waals surface area contributed by atoms with Crippen LogP contribution in [0, 0.1) is 11.3 Å². The molecule has 1 aliphatic heterocycles. The van der Waals surface area contributed by atoms with Crippen molar-refractivity contribution in [2.24, 2.45) is 0 Å². The number of allylic oxidation sites excluding steroid dienone is 1. The van der Waals surface area contributed by atoms with Gasteiger partial charge in [0, 0.05) is 11.8 Å². The average molecular weight is 516 g/mol. The molecule has 0 fully saturated rings. The van der Waals surface area contributed by atoms with Crippen LogP contribution in [0.4, 0.5) is 5.69 Å². The summed E-state index contributed by atoms with van der Waals surface area (Å²) in [5, 5.41) is 16.7.